The van der Waals surface area contributed by atoms with E-state index in [1.165, 1.54) is 46.8 Å². The first kappa shape index (κ1) is 18.8. The molecule has 9 heteroatoms. The van der Waals surface area contributed by atoms with Gasteiger partial charge in [-0.1, -0.05) is 12.5 Å². The van der Waals surface area contributed by atoms with E-state index in [4.69, 9.17) is 4.18 Å². The number of rotatable bonds is 5. The Balaban J connectivity index is 1.82. The molecular formula is C17H18FNO5S2. The third-order valence-corrected chi connectivity index (χ3v) is 7.24. The summed E-state index contributed by atoms with van der Waals surface area (Å²) in [5, 5.41) is 0. The predicted molar refractivity (Wildman–Crippen MR) is 93.3 cm³/mol. The number of sulfonamides is 1. The highest BCUT2D eigenvalue weighted by molar-refractivity contribution is 7.89. The van der Waals surface area contributed by atoms with Crippen molar-refractivity contribution in [1.29, 1.82) is 0 Å². The van der Waals surface area contributed by atoms with Gasteiger partial charge in [0.1, 0.15) is 16.5 Å². The van der Waals surface area contributed by atoms with Crippen LogP contribution in [0, 0.1) is 5.82 Å². The molecule has 3 rings (SSSR count). The maximum Gasteiger partial charge on any atom is 0.339 e. The van der Waals surface area contributed by atoms with Crippen LogP contribution in [-0.2, 0) is 20.1 Å². The van der Waals surface area contributed by atoms with Crippen LogP contribution in [0.3, 0.4) is 0 Å². The van der Waals surface area contributed by atoms with Crippen LogP contribution in [0.4, 0.5) is 4.39 Å². The highest BCUT2D eigenvalue weighted by atomic mass is 32.2. The Morgan fingerprint density at radius 3 is 2.08 bits per heavy atom. The van der Waals surface area contributed by atoms with Gasteiger partial charge < -0.3 is 4.18 Å². The maximum atomic E-state index is 13.2. The Bertz CT molecular complexity index is 982. The summed E-state index contributed by atoms with van der Waals surface area (Å²) >= 11 is 0. The molecule has 0 spiro atoms. The summed E-state index contributed by atoms with van der Waals surface area (Å²) in [6, 6.07) is 9.59. The number of nitrogens with zero attached hydrogens (tertiary/aromatic N) is 1. The average Bonchev–Trinajstić information content (AvgIpc) is 2.62. The lowest BCUT2D eigenvalue weighted by molar-refractivity contribution is 0.346. The minimum Gasteiger partial charge on any atom is -0.379 e. The van der Waals surface area contributed by atoms with Crippen molar-refractivity contribution in [2.75, 3.05) is 13.1 Å². The molecule has 1 aliphatic rings. The SMILES string of the molecule is O=S(=O)(Oc1cccc(F)c1)c1ccc(S(=O)(=O)N2CCCCC2)cc1. The molecule has 0 aliphatic carbocycles. The van der Waals surface area contributed by atoms with E-state index >= 15 is 0 Å². The second-order valence-corrected chi connectivity index (χ2v) is 9.42. The molecular weight excluding hydrogens is 381 g/mol. The van der Waals surface area contributed by atoms with Crippen molar-refractivity contribution < 1.29 is 25.4 Å². The highest BCUT2D eigenvalue weighted by Crippen LogP contribution is 2.24. The van der Waals surface area contributed by atoms with Crippen LogP contribution >= 0.6 is 0 Å². The fourth-order valence-corrected chi connectivity index (χ4v) is 5.17. The molecule has 1 aliphatic heterocycles. The van der Waals surface area contributed by atoms with Gasteiger partial charge in [-0.05, 0) is 49.2 Å². The summed E-state index contributed by atoms with van der Waals surface area (Å²) in [6.45, 7) is 0.927. The molecule has 1 saturated heterocycles. The Hall–Kier alpha value is -1.97. The van der Waals surface area contributed by atoms with Crippen LogP contribution in [0.5, 0.6) is 5.75 Å². The van der Waals surface area contributed by atoms with Crippen molar-refractivity contribution in [2.45, 2.75) is 29.1 Å². The normalized spacial score (nSPS) is 16.3. The van der Waals surface area contributed by atoms with Crippen LogP contribution in [0.2, 0.25) is 0 Å². The van der Waals surface area contributed by atoms with E-state index in [-0.39, 0.29) is 15.5 Å². The van der Waals surface area contributed by atoms with Gasteiger partial charge in [-0.2, -0.15) is 12.7 Å². The van der Waals surface area contributed by atoms with Gasteiger partial charge in [0, 0.05) is 19.2 Å². The monoisotopic (exact) mass is 399 g/mol. The summed E-state index contributed by atoms with van der Waals surface area (Å²) < 4.78 is 69.2. The molecule has 140 valence electrons. The molecule has 0 saturated carbocycles. The van der Waals surface area contributed by atoms with Crippen LogP contribution in [-0.4, -0.2) is 34.2 Å². The molecule has 2 aromatic carbocycles. The lowest BCUT2D eigenvalue weighted by Gasteiger charge is -2.25. The summed E-state index contributed by atoms with van der Waals surface area (Å²) in [6.07, 6.45) is 2.63. The molecule has 26 heavy (non-hydrogen) atoms. The largest absolute Gasteiger partial charge is 0.379 e. The smallest absolute Gasteiger partial charge is 0.339 e. The first-order valence-corrected chi connectivity index (χ1v) is 10.9. The first-order chi connectivity index (χ1) is 12.3. The van der Waals surface area contributed by atoms with E-state index in [1.807, 2.05) is 0 Å². The number of hydrogen-bond donors (Lipinski definition) is 0. The molecule has 6 nitrogen and oxygen atoms in total. The van der Waals surface area contributed by atoms with Gasteiger partial charge in [0.05, 0.1) is 4.90 Å². The summed E-state index contributed by atoms with van der Waals surface area (Å²) in [7, 11) is -7.83. The number of piperidine rings is 1. The zero-order valence-electron chi connectivity index (χ0n) is 13.8. The molecule has 0 bridgehead atoms. The first-order valence-electron chi connectivity index (χ1n) is 8.09. The van der Waals surface area contributed by atoms with Gasteiger partial charge >= 0.3 is 10.1 Å². The zero-order valence-corrected chi connectivity index (χ0v) is 15.5. The van der Waals surface area contributed by atoms with E-state index in [9.17, 15) is 21.2 Å². The van der Waals surface area contributed by atoms with Crippen LogP contribution in [0.15, 0.2) is 58.3 Å². The van der Waals surface area contributed by atoms with Crippen molar-refractivity contribution in [3.63, 3.8) is 0 Å². The lowest BCUT2D eigenvalue weighted by Crippen LogP contribution is -2.35. The summed E-state index contributed by atoms with van der Waals surface area (Å²) in [4.78, 5) is -0.177. The lowest BCUT2D eigenvalue weighted by atomic mass is 10.2. The number of halogens is 1. The summed E-state index contributed by atoms with van der Waals surface area (Å²) in [5.41, 5.74) is 0. The molecule has 0 N–H and O–H groups in total. The minimum atomic E-state index is -4.19. The fraction of sp³-hybridized carbons (Fsp3) is 0.294. The van der Waals surface area contributed by atoms with E-state index in [0.717, 1.165) is 25.3 Å². The van der Waals surface area contributed by atoms with E-state index in [0.29, 0.717) is 13.1 Å². The number of benzene rings is 2. The van der Waals surface area contributed by atoms with Gasteiger partial charge in [0.15, 0.2) is 0 Å². The summed E-state index contributed by atoms with van der Waals surface area (Å²) in [5.74, 6) is -0.782. The minimum absolute atomic E-state index is 0.0316. The van der Waals surface area contributed by atoms with Gasteiger partial charge in [-0.15, -0.1) is 0 Å². The Labute approximate surface area is 152 Å². The topological polar surface area (TPSA) is 80.8 Å². The third-order valence-electron chi connectivity index (χ3n) is 4.07. The second-order valence-electron chi connectivity index (χ2n) is 5.93. The van der Waals surface area contributed by atoms with Gasteiger partial charge in [-0.25, -0.2) is 12.8 Å². The predicted octanol–water partition coefficient (Wildman–Crippen LogP) is 2.77. The van der Waals surface area contributed by atoms with Crippen LogP contribution in [0.25, 0.3) is 0 Å². The third kappa shape index (κ3) is 4.05. The molecule has 0 aromatic heterocycles. The van der Waals surface area contributed by atoms with Gasteiger partial charge in [0.25, 0.3) is 0 Å². The Kier molecular flexibility index (Phi) is 5.31. The molecule has 1 fully saturated rings. The fourth-order valence-electron chi connectivity index (χ4n) is 2.73. The molecule has 0 radical (unpaired) electrons. The molecule has 2 aromatic rings. The van der Waals surface area contributed by atoms with Crippen molar-refractivity contribution in [3.05, 3.63) is 54.3 Å². The van der Waals surface area contributed by atoms with Crippen molar-refractivity contribution in [1.82, 2.24) is 4.31 Å². The van der Waals surface area contributed by atoms with Crippen molar-refractivity contribution >= 4 is 20.1 Å². The standard InChI is InChI=1S/C17H18FNO5S2/c18-14-5-4-6-15(13-14)24-26(22,23)17-9-7-16(8-10-17)25(20,21)19-11-2-1-3-12-19/h4-10,13H,1-3,11-12H2. The second kappa shape index (κ2) is 7.34. The molecule has 0 atom stereocenters. The molecule has 1 heterocycles. The van der Waals surface area contributed by atoms with Crippen LogP contribution in [0.1, 0.15) is 19.3 Å². The zero-order chi connectivity index (χ0) is 18.8. The Morgan fingerprint density at radius 2 is 1.46 bits per heavy atom. The van der Waals surface area contributed by atoms with E-state index < -0.39 is 26.0 Å². The van der Waals surface area contributed by atoms with E-state index in [1.54, 1.807) is 0 Å². The van der Waals surface area contributed by atoms with Crippen molar-refractivity contribution in [3.8, 4) is 5.75 Å². The highest BCUT2D eigenvalue weighted by Gasteiger charge is 2.26. The number of hydrogen-bond acceptors (Lipinski definition) is 5. The van der Waals surface area contributed by atoms with Gasteiger partial charge in [0.2, 0.25) is 10.0 Å². The Morgan fingerprint density at radius 1 is 0.846 bits per heavy atom. The molecule has 0 unspecified atom stereocenters. The quantitative estimate of drug-likeness (QED) is 0.722. The molecule has 0 amide bonds. The average molecular weight is 399 g/mol. The van der Waals surface area contributed by atoms with Gasteiger partial charge in [-0.3, -0.25) is 0 Å². The van der Waals surface area contributed by atoms with Crippen molar-refractivity contribution in [2.24, 2.45) is 0 Å². The van der Waals surface area contributed by atoms with E-state index in [2.05, 4.69) is 0 Å². The van der Waals surface area contributed by atoms with Crippen LogP contribution < -0.4 is 4.18 Å². The maximum absolute atomic E-state index is 13.2.